The smallest absolute Gasteiger partial charge is 0.407 e. The van der Waals surface area contributed by atoms with Gasteiger partial charge in [0.2, 0.25) is 11.7 Å². The van der Waals surface area contributed by atoms with Gasteiger partial charge in [-0.25, -0.2) is 4.79 Å². The van der Waals surface area contributed by atoms with Gasteiger partial charge in [-0.15, -0.1) is 0 Å². The van der Waals surface area contributed by atoms with Crippen LogP contribution in [-0.2, 0) is 23.9 Å². The minimum atomic E-state index is -1.11. The van der Waals surface area contributed by atoms with E-state index < -0.39 is 35.8 Å². The first-order valence-corrected chi connectivity index (χ1v) is 9.14. The van der Waals surface area contributed by atoms with E-state index >= 15 is 0 Å². The topological polar surface area (TPSA) is 123 Å². The van der Waals surface area contributed by atoms with E-state index in [2.05, 4.69) is 16.0 Å². The molecular weight excluding hydrogens is 354 g/mol. The Morgan fingerprint density at radius 2 is 1.96 bits per heavy atom. The summed E-state index contributed by atoms with van der Waals surface area (Å²) in [6.07, 6.45) is -0.135. The largest absolute Gasteiger partial charge is 0.449 e. The Bertz CT molecular complexity index is 556. The van der Waals surface area contributed by atoms with Crippen molar-refractivity contribution in [3.63, 3.8) is 0 Å². The van der Waals surface area contributed by atoms with Crippen LogP contribution in [0.3, 0.4) is 0 Å². The Morgan fingerprint density at radius 1 is 1.30 bits per heavy atom. The van der Waals surface area contributed by atoms with Gasteiger partial charge in [-0.1, -0.05) is 34.6 Å². The normalized spacial score (nSPS) is 20.0. The van der Waals surface area contributed by atoms with Gasteiger partial charge in [-0.05, 0) is 17.8 Å². The van der Waals surface area contributed by atoms with E-state index in [1.807, 2.05) is 20.8 Å². The number of carbonyl (C=O) groups excluding carboxylic acids is 4. The third-order valence-corrected chi connectivity index (χ3v) is 3.75. The third-order valence-electron chi connectivity index (χ3n) is 3.75. The van der Waals surface area contributed by atoms with Crippen LogP contribution in [0.5, 0.6) is 0 Å². The second kappa shape index (κ2) is 10.2. The van der Waals surface area contributed by atoms with Crippen LogP contribution >= 0.6 is 0 Å². The molecule has 1 heterocycles. The fourth-order valence-electron chi connectivity index (χ4n) is 2.25. The maximum Gasteiger partial charge on any atom is 0.407 e. The Hall–Kier alpha value is -2.16. The molecule has 0 radical (unpaired) electrons. The molecule has 1 rings (SSSR count). The molecule has 2 atom stereocenters. The molecule has 9 heteroatoms. The highest BCUT2D eigenvalue weighted by molar-refractivity contribution is 6.38. The first-order chi connectivity index (χ1) is 12.5. The molecule has 1 fully saturated rings. The number of amides is 3. The van der Waals surface area contributed by atoms with Gasteiger partial charge >= 0.3 is 6.09 Å². The number of carbonyl (C=O) groups is 4. The average Bonchev–Trinajstić information content (AvgIpc) is 2.63. The van der Waals surface area contributed by atoms with Gasteiger partial charge in [0.05, 0.1) is 13.2 Å². The molecule has 3 amide bonds. The van der Waals surface area contributed by atoms with Gasteiger partial charge in [0.1, 0.15) is 12.1 Å². The molecule has 0 saturated carbocycles. The molecule has 0 bridgehead atoms. The van der Waals surface area contributed by atoms with E-state index in [0.717, 1.165) is 0 Å². The van der Waals surface area contributed by atoms with Crippen molar-refractivity contribution in [1.29, 1.82) is 0 Å². The van der Waals surface area contributed by atoms with Crippen LogP contribution in [0.15, 0.2) is 0 Å². The van der Waals surface area contributed by atoms with Crippen LogP contribution in [-0.4, -0.2) is 62.1 Å². The Morgan fingerprint density at radius 3 is 2.56 bits per heavy atom. The monoisotopic (exact) mass is 385 g/mol. The van der Waals surface area contributed by atoms with E-state index in [9.17, 15) is 19.2 Å². The molecule has 154 valence electrons. The number of Topliss-reactive ketones (excluding diaryl/α,β-unsaturated/α-hetero) is 1. The zero-order chi connectivity index (χ0) is 20.6. The van der Waals surface area contributed by atoms with Crippen molar-refractivity contribution in [1.82, 2.24) is 16.0 Å². The highest BCUT2D eigenvalue weighted by Gasteiger charge is 2.32. The SMILES string of the molecule is CC(C)C(NC(=O)OCC(C)(C)C)C(=O)NC1COCCCNC(=O)C1=O. The lowest BCUT2D eigenvalue weighted by molar-refractivity contribution is -0.141. The minimum Gasteiger partial charge on any atom is -0.449 e. The van der Waals surface area contributed by atoms with Gasteiger partial charge in [0.15, 0.2) is 0 Å². The van der Waals surface area contributed by atoms with Crippen molar-refractivity contribution in [3.8, 4) is 0 Å². The lowest BCUT2D eigenvalue weighted by Gasteiger charge is -2.25. The molecular formula is C18H31N3O6. The maximum atomic E-state index is 12.6. The molecule has 1 saturated heterocycles. The molecule has 0 aliphatic carbocycles. The summed E-state index contributed by atoms with van der Waals surface area (Å²) in [4.78, 5) is 48.6. The van der Waals surface area contributed by atoms with Crippen molar-refractivity contribution >= 4 is 23.7 Å². The minimum absolute atomic E-state index is 0.0999. The Balaban J connectivity index is 2.73. The molecule has 0 aromatic rings. The summed E-state index contributed by atoms with van der Waals surface area (Å²) in [7, 11) is 0. The highest BCUT2D eigenvalue weighted by atomic mass is 16.5. The molecule has 0 aromatic carbocycles. The van der Waals surface area contributed by atoms with Gasteiger partial charge in [-0.3, -0.25) is 14.4 Å². The summed E-state index contributed by atoms with van der Waals surface area (Å²) in [5.74, 6) is -2.37. The number of alkyl carbamates (subject to hydrolysis) is 1. The summed E-state index contributed by atoms with van der Waals surface area (Å²) in [6, 6.07) is -2.02. The molecule has 3 N–H and O–H groups in total. The number of ketones is 1. The van der Waals surface area contributed by atoms with Crippen molar-refractivity contribution < 1.29 is 28.7 Å². The predicted octanol–water partition coefficient (Wildman–Crippen LogP) is 0.374. The number of nitrogens with one attached hydrogen (secondary N) is 3. The van der Waals surface area contributed by atoms with E-state index in [1.165, 1.54) is 0 Å². The van der Waals surface area contributed by atoms with Gasteiger partial charge < -0.3 is 25.4 Å². The third kappa shape index (κ3) is 8.38. The van der Waals surface area contributed by atoms with Crippen molar-refractivity contribution in [3.05, 3.63) is 0 Å². The standard InChI is InChI=1S/C18H31N3O6/c1-11(2)13(21-17(25)27-10-18(3,4)5)15(23)20-12-9-26-8-6-7-19-16(24)14(12)22/h11-13H,6-10H2,1-5H3,(H,19,24)(H,20,23)(H,21,25). The summed E-state index contributed by atoms with van der Waals surface area (Å²) in [5, 5.41) is 7.51. The zero-order valence-corrected chi connectivity index (χ0v) is 16.7. The highest BCUT2D eigenvalue weighted by Crippen LogP contribution is 2.13. The van der Waals surface area contributed by atoms with Crippen LogP contribution in [0.2, 0.25) is 0 Å². The van der Waals surface area contributed by atoms with E-state index in [1.54, 1.807) is 13.8 Å². The van der Waals surface area contributed by atoms with E-state index in [4.69, 9.17) is 9.47 Å². The number of ether oxygens (including phenoxy) is 2. The second-order valence-electron chi connectivity index (χ2n) is 8.11. The van der Waals surface area contributed by atoms with Crippen LogP contribution in [0.4, 0.5) is 4.79 Å². The molecule has 2 unspecified atom stereocenters. The molecule has 0 spiro atoms. The quantitative estimate of drug-likeness (QED) is 0.588. The first kappa shape index (κ1) is 22.9. The van der Waals surface area contributed by atoms with Crippen LogP contribution in [0, 0.1) is 11.3 Å². The first-order valence-electron chi connectivity index (χ1n) is 9.14. The van der Waals surface area contributed by atoms with Crippen LogP contribution in [0.1, 0.15) is 41.0 Å². The van der Waals surface area contributed by atoms with Crippen LogP contribution in [0.25, 0.3) is 0 Å². The fourth-order valence-corrected chi connectivity index (χ4v) is 2.25. The summed E-state index contributed by atoms with van der Waals surface area (Å²) in [5.41, 5.74) is -0.207. The maximum absolute atomic E-state index is 12.6. The van der Waals surface area contributed by atoms with Crippen molar-refractivity contribution in [2.75, 3.05) is 26.4 Å². The fraction of sp³-hybridized carbons (Fsp3) is 0.778. The number of rotatable bonds is 5. The van der Waals surface area contributed by atoms with E-state index in [0.29, 0.717) is 19.6 Å². The number of hydrogen-bond donors (Lipinski definition) is 3. The van der Waals surface area contributed by atoms with Gasteiger partial charge in [0.25, 0.3) is 5.91 Å². The van der Waals surface area contributed by atoms with E-state index in [-0.39, 0.29) is 24.5 Å². The Kier molecular flexibility index (Phi) is 8.68. The summed E-state index contributed by atoms with van der Waals surface area (Å²) in [6.45, 7) is 10.1. The molecule has 27 heavy (non-hydrogen) atoms. The lowest BCUT2D eigenvalue weighted by Crippen LogP contribution is -2.56. The molecule has 1 aliphatic rings. The lowest BCUT2D eigenvalue weighted by atomic mass is 9.99. The average molecular weight is 385 g/mol. The molecule has 9 nitrogen and oxygen atoms in total. The van der Waals surface area contributed by atoms with Crippen molar-refractivity contribution in [2.24, 2.45) is 11.3 Å². The van der Waals surface area contributed by atoms with Gasteiger partial charge in [0, 0.05) is 13.2 Å². The predicted molar refractivity (Wildman–Crippen MR) is 97.9 cm³/mol. The summed E-state index contributed by atoms with van der Waals surface area (Å²) >= 11 is 0. The number of hydrogen-bond acceptors (Lipinski definition) is 6. The molecule has 1 aliphatic heterocycles. The zero-order valence-electron chi connectivity index (χ0n) is 16.7. The van der Waals surface area contributed by atoms with Crippen LogP contribution < -0.4 is 16.0 Å². The second-order valence-corrected chi connectivity index (χ2v) is 8.11. The van der Waals surface area contributed by atoms with Crippen molar-refractivity contribution in [2.45, 2.75) is 53.1 Å². The summed E-state index contributed by atoms with van der Waals surface area (Å²) < 4.78 is 10.5. The van der Waals surface area contributed by atoms with Gasteiger partial charge in [-0.2, -0.15) is 0 Å². The molecule has 0 aromatic heterocycles. The Labute approximate surface area is 159 Å².